The monoisotopic (exact) mass is 684 g/mol. The Balaban J connectivity index is 3.54. The zero-order chi connectivity index (χ0) is 35.7. The van der Waals surface area contributed by atoms with E-state index in [2.05, 4.69) is 67.8 Å². The molecule has 284 valence electrons. The van der Waals surface area contributed by atoms with Gasteiger partial charge < -0.3 is 15.5 Å². The number of hydrogen-bond donors (Lipinski definition) is 3. The van der Waals surface area contributed by atoms with Crippen molar-refractivity contribution in [2.24, 2.45) is 0 Å². The first-order valence-corrected chi connectivity index (χ1v) is 21.0. The van der Waals surface area contributed by atoms with Gasteiger partial charge in [0.15, 0.2) is 0 Å². The molecule has 0 aromatic heterocycles. The molecule has 0 saturated carbocycles. The Morgan fingerprint density at radius 2 is 0.918 bits per heavy atom. The lowest BCUT2D eigenvalue weighted by Crippen LogP contribution is -2.45. The summed E-state index contributed by atoms with van der Waals surface area (Å²) in [5.74, 6) is -0.0847. The molecule has 0 fully saturated rings. The fourth-order valence-corrected chi connectivity index (χ4v) is 6.01. The summed E-state index contributed by atoms with van der Waals surface area (Å²) < 4.78 is 0. The van der Waals surface area contributed by atoms with Crippen molar-refractivity contribution >= 4 is 5.91 Å². The van der Waals surface area contributed by atoms with Crippen LogP contribution in [0.3, 0.4) is 0 Å². The fraction of sp³-hybridized carbons (Fsp3) is 0.756. The molecular weight excluding hydrogens is 602 g/mol. The van der Waals surface area contributed by atoms with Crippen LogP contribution < -0.4 is 5.32 Å². The molecule has 0 spiro atoms. The van der Waals surface area contributed by atoms with Crippen molar-refractivity contribution in [1.82, 2.24) is 5.32 Å². The minimum atomic E-state index is -0.870. The Labute approximate surface area is 305 Å². The third-order valence-corrected chi connectivity index (χ3v) is 9.21. The normalized spacial score (nSPS) is 13.6. The quantitative estimate of drug-likeness (QED) is 0.0451. The molecule has 0 aliphatic heterocycles. The van der Waals surface area contributed by atoms with Gasteiger partial charge in [-0.3, -0.25) is 4.79 Å². The number of aliphatic hydroxyl groups excluding tert-OH is 2. The van der Waals surface area contributed by atoms with Gasteiger partial charge in [-0.1, -0.05) is 184 Å². The molecule has 0 rings (SSSR count). The first kappa shape index (κ1) is 47.1. The molecule has 0 aliphatic carbocycles. The SMILES string of the molecule is CC/C=C/CC/C=C/CC/C=C/C(O)C(CO)NC(=O)CCCCCCCCCCCCC/C=C\C/C=C\CCCCCCCCCCC. The molecule has 4 heteroatoms. The average molecular weight is 684 g/mol. The molecule has 0 bridgehead atoms. The average Bonchev–Trinajstić information content (AvgIpc) is 3.10. The Hall–Kier alpha value is -1.91. The number of nitrogens with one attached hydrogen (secondary N) is 1. The fourth-order valence-electron chi connectivity index (χ4n) is 6.01. The van der Waals surface area contributed by atoms with Crippen molar-refractivity contribution in [2.75, 3.05) is 6.61 Å². The number of allylic oxidation sites excluding steroid dienone is 9. The van der Waals surface area contributed by atoms with Gasteiger partial charge in [0, 0.05) is 6.42 Å². The molecule has 0 saturated heterocycles. The summed E-state index contributed by atoms with van der Waals surface area (Å²) in [6.07, 6.45) is 56.3. The van der Waals surface area contributed by atoms with E-state index in [0.717, 1.165) is 51.4 Å². The van der Waals surface area contributed by atoms with Crippen LogP contribution >= 0.6 is 0 Å². The Kier molecular flexibility index (Phi) is 38.9. The summed E-state index contributed by atoms with van der Waals surface area (Å²) in [6, 6.07) is -0.646. The van der Waals surface area contributed by atoms with Gasteiger partial charge in [0.25, 0.3) is 0 Å². The number of hydrogen-bond acceptors (Lipinski definition) is 3. The van der Waals surface area contributed by atoms with Crippen molar-refractivity contribution in [3.63, 3.8) is 0 Å². The van der Waals surface area contributed by atoms with E-state index in [1.165, 1.54) is 128 Å². The van der Waals surface area contributed by atoms with Crippen LogP contribution in [0.4, 0.5) is 0 Å². The molecule has 3 N–H and O–H groups in total. The van der Waals surface area contributed by atoms with E-state index in [4.69, 9.17) is 0 Å². The van der Waals surface area contributed by atoms with Gasteiger partial charge in [0.1, 0.15) is 0 Å². The second-order valence-electron chi connectivity index (χ2n) is 14.0. The summed E-state index contributed by atoms with van der Waals surface area (Å²) in [4.78, 5) is 12.3. The maximum atomic E-state index is 12.3. The molecule has 0 heterocycles. The zero-order valence-corrected chi connectivity index (χ0v) is 32.4. The summed E-state index contributed by atoms with van der Waals surface area (Å²) >= 11 is 0. The second kappa shape index (κ2) is 40.5. The van der Waals surface area contributed by atoms with Crippen LogP contribution in [0.25, 0.3) is 0 Å². The number of unbranched alkanes of at least 4 members (excludes halogenated alkanes) is 22. The number of rotatable bonds is 37. The zero-order valence-electron chi connectivity index (χ0n) is 32.4. The minimum Gasteiger partial charge on any atom is -0.394 e. The van der Waals surface area contributed by atoms with E-state index >= 15 is 0 Å². The van der Waals surface area contributed by atoms with Gasteiger partial charge in [0.2, 0.25) is 5.91 Å². The lowest BCUT2D eigenvalue weighted by molar-refractivity contribution is -0.123. The van der Waals surface area contributed by atoms with Crippen molar-refractivity contribution in [3.05, 3.63) is 60.8 Å². The van der Waals surface area contributed by atoms with Gasteiger partial charge in [-0.25, -0.2) is 0 Å². The molecule has 0 radical (unpaired) electrons. The van der Waals surface area contributed by atoms with Crippen LogP contribution in [0.5, 0.6) is 0 Å². The van der Waals surface area contributed by atoms with Crippen molar-refractivity contribution in [1.29, 1.82) is 0 Å². The van der Waals surface area contributed by atoms with Gasteiger partial charge in [-0.05, 0) is 70.6 Å². The van der Waals surface area contributed by atoms with Crippen LogP contribution in [0.2, 0.25) is 0 Å². The molecule has 2 atom stereocenters. The highest BCUT2D eigenvalue weighted by molar-refractivity contribution is 5.76. The molecule has 0 aromatic carbocycles. The standard InChI is InChI=1S/C45H81NO3/c1-3-5-7-9-11-13-15-16-17-18-19-20-21-22-23-24-25-26-27-28-29-30-31-33-35-37-39-41-45(49)46-43(42-47)44(48)40-38-36-34-32-14-12-10-8-6-4-2/h6,8,14,19-20,22-23,32,38,40,43-44,47-48H,3-5,7,9-13,15-18,21,24-31,33-37,39,41-42H2,1-2H3,(H,46,49)/b8-6+,20-19-,23-22-,32-14+,40-38+. The second-order valence-corrected chi connectivity index (χ2v) is 14.0. The predicted octanol–water partition coefficient (Wildman–Crippen LogP) is 13.0. The van der Waals surface area contributed by atoms with Crippen LogP contribution in [-0.2, 0) is 4.79 Å². The lowest BCUT2D eigenvalue weighted by atomic mass is 10.0. The minimum absolute atomic E-state index is 0.0847. The van der Waals surface area contributed by atoms with E-state index in [-0.39, 0.29) is 12.5 Å². The van der Waals surface area contributed by atoms with E-state index in [9.17, 15) is 15.0 Å². The summed E-state index contributed by atoms with van der Waals surface area (Å²) in [7, 11) is 0. The molecule has 1 amide bonds. The van der Waals surface area contributed by atoms with E-state index in [0.29, 0.717) is 6.42 Å². The summed E-state index contributed by atoms with van der Waals surface area (Å²) in [6.45, 7) is 4.16. The Bertz CT molecular complexity index is 827. The highest BCUT2D eigenvalue weighted by atomic mass is 16.3. The predicted molar refractivity (Wildman–Crippen MR) is 216 cm³/mol. The Morgan fingerprint density at radius 3 is 1.39 bits per heavy atom. The first-order valence-electron chi connectivity index (χ1n) is 21.0. The summed E-state index contributed by atoms with van der Waals surface area (Å²) in [5, 5.41) is 22.8. The molecule has 0 aliphatic rings. The molecule has 49 heavy (non-hydrogen) atoms. The van der Waals surface area contributed by atoms with E-state index in [1.54, 1.807) is 6.08 Å². The highest BCUT2D eigenvalue weighted by Gasteiger charge is 2.17. The van der Waals surface area contributed by atoms with Gasteiger partial charge >= 0.3 is 0 Å². The van der Waals surface area contributed by atoms with Gasteiger partial charge in [-0.2, -0.15) is 0 Å². The smallest absolute Gasteiger partial charge is 0.220 e. The van der Waals surface area contributed by atoms with Crippen molar-refractivity contribution in [3.8, 4) is 0 Å². The molecule has 4 nitrogen and oxygen atoms in total. The van der Waals surface area contributed by atoms with Crippen LogP contribution in [-0.4, -0.2) is 34.9 Å². The third kappa shape index (κ3) is 37.2. The molecule has 2 unspecified atom stereocenters. The van der Waals surface area contributed by atoms with Crippen LogP contribution in [0.1, 0.15) is 200 Å². The lowest BCUT2D eigenvalue weighted by Gasteiger charge is -2.19. The maximum absolute atomic E-state index is 12.3. The number of aliphatic hydroxyl groups is 2. The Morgan fingerprint density at radius 1 is 0.510 bits per heavy atom. The van der Waals surface area contributed by atoms with Crippen LogP contribution in [0.15, 0.2) is 60.8 Å². The highest BCUT2D eigenvalue weighted by Crippen LogP contribution is 2.14. The molecular formula is C45H81NO3. The topological polar surface area (TPSA) is 69.6 Å². The van der Waals surface area contributed by atoms with E-state index < -0.39 is 12.1 Å². The van der Waals surface area contributed by atoms with Crippen molar-refractivity contribution < 1.29 is 15.0 Å². The van der Waals surface area contributed by atoms with E-state index in [1.807, 2.05) is 6.08 Å². The van der Waals surface area contributed by atoms with Gasteiger partial charge in [-0.15, -0.1) is 0 Å². The van der Waals surface area contributed by atoms with Gasteiger partial charge in [0.05, 0.1) is 18.8 Å². The third-order valence-electron chi connectivity index (χ3n) is 9.21. The number of carbonyl (C=O) groups excluding carboxylic acids is 1. The number of amides is 1. The van der Waals surface area contributed by atoms with Crippen LogP contribution in [0, 0.1) is 0 Å². The maximum Gasteiger partial charge on any atom is 0.220 e. The summed E-state index contributed by atoms with van der Waals surface area (Å²) in [5.41, 5.74) is 0. The molecule has 0 aromatic rings. The number of carbonyl (C=O) groups is 1. The van der Waals surface area contributed by atoms with Crippen molar-refractivity contribution in [2.45, 2.75) is 212 Å². The largest absolute Gasteiger partial charge is 0.394 e. The first-order chi connectivity index (χ1) is 24.2.